The summed E-state index contributed by atoms with van der Waals surface area (Å²) in [6.07, 6.45) is 1.70. The molecule has 0 unspecified atom stereocenters. The van der Waals surface area contributed by atoms with Crippen molar-refractivity contribution < 1.29 is 14.6 Å². The summed E-state index contributed by atoms with van der Waals surface area (Å²) in [7, 11) is 0. The predicted molar refractivity (Wildman–Crippen MR) is 76.5 cm³/mol. The molecule has 0 radical (unpaired) electrons. The van der Waals surface area contributed by atoms with E-state index in [2.05, 4.69) is 4.98 Å². The van der Waals surface area contributed by atoms with E-state index in [9.17, 15) is 0 Å². The molecule has 0 amide bonds. The van der Waals surface area contributed by atoms with Crippen molar-refractivity contribution in [2.75, 3.05) is 13.2 Å². The van der Waals surface area contributed by atoms with Crippen LogP contribution in [0, 0.1) is 6.92 Å². The molecule has 1 aliphatic rings. The van der Waals surface area contributed by atoms with E-state index in [1.54, 1.807) is 18.0 Å². The molecule has 2 heterocycles. The van der Waals surface area contributed by atoms with Crippen molar-refractivity contribution in [3.8, 4) is 11.5 Å². The largest absolute Gasteiger partial charge is 0.486 e. The summed E-state index contributed by atoms with van der Waals surface area (Å²) in [4.78, 5) is 5.44. The van der Waals surface area contributed by atoms with Crippen LogP contribution in [0.15, 0.2) is 40.4 Å². The highest BCUT2D eigenvalue weighted by Gasteiger charge is 2.13. The number of aryl methyl sites for hydroxylation is 1. The highest BCUT2D eigenvalue weighted by atomic mass is 32.2. The van der Waals surface area contributed by atoms with Gasteiger partial charge in [0.15, 0.2) is 11.5 Å². The van der Waals surface area contributed by atoms with E-state index in [1.807, 2.05) is 31.2 Å². The summed E-state index contributed by atoms with van der Waals surface area (Å²) in [5.74, 6) is 1.58. The van der Waals surface area contributed by atoms with Crippen molar-refractivity contribution in [3.05, 3.63) is 41.6 Å². The van der Waals surface area contributed by atoms with Crippen molar-refractivity contribution in [1.29, 1.82) is 0 Å². The SMILES string of the molecule is Cc1cc(CO)cnc1Sc1ccc2c(c1)OCCO2. The van der Waals surface area contributed by atoms with Gasteiger partial charge in [-0.3, -0.25) is 0 Å². The number of fused-ring (bicyclic) bond motifs is 1. The van der Waals surface area contributed by atoms with Crippen molar-refractivity contribution in [2.24, 2.45) is 0 Å². The van der Waals surface area contributed by atoms with Gasteiger partial charge in [0, 0.05) is 11.1 Å². The Morgan fingerprint density at radius 1 is 1.20 bits per heavy atom. The number of benzene rings is 1. The van der Waals surface area contributed by atoms with Gasteiger partial charge in [0.1, 0.15) is 18.2 Å². The molecule has 0 saturated heterocycles. The van der Waals surface area contributed by atoms with Crippen molar-refractivity contribution >= 4 is 11.8 Å². The van der Waals surface area contributed by atoms with E-state index in [0.29, 0.717) is 13.2 Å². The second-order valence-corrected chi connectivity index (χ2v) is 5.59. The van der Waals surface area contributed by atoms with E-state index < -0.39 is 0 Å². The first-order chi connectivity index (χ1) is 9.76. The minimum atomic E-state index is 0.0167. The average Bonchev–Trinajstić information content (AvgIpc) is 2.49. The van der Waals surface area contributed by atoms with Crippen LogP contribution in [-0.4, -0.2) is 23.3 Å². The number of hydrogen-bond acceptors (Lipinski definition) is 5. The molecule has 4 nitrogen and oxygen atoms in total. The molecule has 2 aromatic rings. The van der Waals surface area contributed by atoms with Crippen LogP contribution in [0.2, 0.25) is 0 Å². The smallest absolute Gasteiger partial charge is 0.162 e. The first kappa shape index (κ1) is 13.3. The molecule has 0 saturated carbocycles. The summed E-state index contributed by atoms with van der Waals surface area (Å²) in [5.41, 5.74) is 1.88. The predicted octanol–water partition coefficient (Wildman–Crippen LogP) is 2.80. The number of hydrogen-bond donors (Lipinski definition) is 1. The number of aromatic nitrogens is 1. The molecule has 0 fully saturated rings. The molecule has 1 aliphatic heterocycles. The maximum atomic E-state index is 9.10. The summed E-state index contributed by atoms with van der Waals surface area (Å²) >= 11 is 1.58. The molecule has 104 valence electrons. The molecule has 0 aliphatic carbocycles. The van der Waals surface area contributed by atoms with Gasteiger partial charge in [-0.05, 0) is 42.3 Å². The van der Waals surface area contributed by atoms with Crippen LogP contribution < -0.4 is 9.47 Å². The minimum Gasteiger partial charge on any atom is -0.486 e. The molecule has 1 aromatic carbocycles. The molecule has 0 spiro atoms. The van der Waals surface area contributed by atoms with Gasteiger partial charge in [0.25, 0.3) is 0 Å². The number of ether oxygens (including phenoxy) is 2. The fraction of sp³-hybridized carbons (Fsp3) is 0.267. The highest BCUT2D eigenvalue weighted by molar-refractivity contribution is 7.99. The monoisotopic (exact) mass is 289 g/mol. The number of aliphatic hydroxyl groups excluding tert-OH is 1. The van der Waals surface area contributed by atoms with Gasteiger partial charge in [-0.25, -0.2) is 4.98 Å². The topological polar surface area (TPSA) is 51.6 Å². The third-order valence-electron chi connectivity index (χ3n) is 3.00. The zero-order chi connectivity index (χ0) is 13.9. The number of pyridine rings is 1. The van der Waals surface area contributed by atoms with Gasteiger partial charge in [-0.15, -0.1) is 0 Å². The zero-order valence-electron chi connectivity index (χ0n) is 11.1. The van der Waals surface area contributed by atoms with E-state index >= 15 is 0 Å². The Balaban J connectivity index is 1.84. The van der Waals surface area contributed by atoms with Crippen molar-refractivity contribution in [3.63, 3.8) is 0 Å². The normalized spacial score (nSPS) is 13.3. The quantitative estimate of drug-likeness (QED) is 0.941. The summed E-state index contributed by atoms with van der Waals surface area (Å²) in [5, 5.41) is 10.0. The molecule has 20 heavy (non-hydrogen) atoms. The second-order valence-electron chi connectivity index (χ2n) is 4.53. The molecular weight excluding hydrogens is 274 g/mol. The first-order valence-electron chi connectivity index (χ1n) is 6.40. The van der Waals surface area contributed by atoms with Gasteiger partial charge in [0.05, 0.1) is 6.61 Å². The first-order valence-corrected chi connectivity index (χ1v) is 7.22. The van der Waals surface area contributed by atoms with E-state index in [-0.39, 0.29) is 6.61 Å². The summed E-state index contributed by atoms with van der Waals surface area (Å²) in [6, 6.07) is 7.85. The lowest BCUT2D eigenvalue weighted by molar-refractivity contribution is 0.171. The third-order valence-corrected chi connectivity index (χ3v) is 4.11. The number of nitrogens with zero attached hydrogens (tertiary/aromatic N) is 1. The second kappa shape index (κ2) is 5.73. The lowest BCUT2D eigenvalue weighted by Gasteiger charge is -2.18. The Morgan fingerprint density at radius 3 is 2.75 bits per heavy atom. The van der Waals surface area contributed by atoms with E-state index in [1.165, 1.54) is 0 Å². The van der Waals surface area contributed by atoms with Gasteiger partial charge in [-0.1, -0.05) is 11.8 Å². The van der Waals surface area contributed by atoms with E-state index in [0.717, 1.165) is 32.5 Å². The van der Waals surface area contributed by atoms with Crippen LogP contribution in [0.5, 0.6) is 11.5 Å². The van der Waals surface area contributed by atoms with Gasteiger partial charge in [0.2, 0.25) is 0 Å². The molecule has 0 atom stereocenters. The van der Waals surface area contributed by atoms with Crippen LogP contribution in [-0.2, 0) is 6.61 Å². The standard InChI is InChI=1S/C15H15NO3S/c1-10-6-11(9-17)8-16-15(10)20-12-2-3-13-14(7-12)19-5-4-18-13/h2-3,6-8,17H,4-5,9H2,1H3. The Hall–Kier alpha value is -1.72. The molecule has 1 N–H and O–H groups in total. The summed E-state index contributed by atoms with van der Waals surface area (Å²) in [6.45, 7) is 3.20. The molecule has 0 bridgehead atoms. The van der Waals surface area contributed by atoms with Crippen LogP contribution in [0.3, 0.4) is 0 Å². The molecular formula is C15H15NO3S. The maximum Gasteiger partial charge on any atom is 0.162 e. The molecule has 5 heteroatoms. The number of rotatable bonds is 3. The van der Waals surface area contributed by atoms with Crippen LogP contribution in [0.4, 0.5) is 0 Å². The average molecular weight is 289 g/mol. The van der Waals surface area contributed by atoms with Crippen LogP contribution >= 0.6 is 11.8 Å². The Morgan fingerprint density at radius 2 is 2.00 bits per heavy atom. The van der Waals surface area contributed by atoms with Crippen LogP contribution in [0.1, 0.15) is 11.1 Å². The highest BCUT2D eigenvalue weighted by Crippen LogP contribution is 2.37. The van der Waals surface area contributed by atoms with Gasteiger partial charge in [-0.2, -0.15) is 0 Å². The van der Waals surface area contributed by atoms with E-state index in [4.69, 9.17) is 14.6 Å². The zero-order valence-corrected chi connectivity index (χ0v) is 11.9. The minimum absolute atomic E-state index is 0.0167. The Kier molecular flexibility index (Phi) is 3.80. The summed E-state index contributed by atoms with van der Waals surface area (Å²) < 4.78 is 11.1. The third kappa shape index (κ3) is 2.73. The fourth-order valence-corrected chi connectivity index (χ4v) is 2.86. The lowest BCUT2D eigenvalue weighted by atomic mass is 10.2. The Labute approximate surface area is 121 Å². The fourth-order valence-electron chi connectivity index (χ4n) is 2.01. The van der Waals surface area contributed by atoms with Crippen molar-refractivity contribution in [2.45, 2.75) is 23.5 Å². The molecule has 1 aromatic heterocycles. The van der Waals surface area contributed by atoms with Crippen LogP contribution in [0.25, 0.3) is 0 Å². The Bertz CT molecular complexity index is 631. The van der Waals surface area contributed by atoms with Gasteiger partial charge >= 0.3 is 0 Å². The maximum absolute atomic E-state index is 9.10. The van der Waals surface area contributed by atoms with Gasteiger partial charge < -0.3 is 14.6 Å². The van der Waals surface area contributed by atoms with Crippen molar-refractivity contribution in [1.82, 2.24) is 4.98 Å². The lowest BCUT2D eigenvalue weighted by Crippen LogP contribution is -2.15. The number of aliphatic hydroxyl groups is 1. The molecule has 3 rings (SSSR count).